The van der Waals surface area contributed by atoms with E-state index in [1.165, 1.54) is 18.4 Å². The minimum absolute atomic E-state index is 0.440. The molecule has 1 aromatic rings. The lowest BCUT2D eigenvalue weighted by atomic mass is 10.0. The third-order valence-corrected chi connectivity index (χ3v) is 4.23. The van der Waals surface area contributed by atoms with Gasteiger partial charge in [0, 0.05) is 10.5 Å². The summed E-state index contributed by atoms with van der Waals surface area (Å²) < 4.78 is 0.440. The maximum Gasteiger partial charge on any atom is 0.0671 e. The summed E-state index contributed by atoms with van der Waals surface area (Å²) in [7, 11) is 5.71. The molecule has 1 fully saturated rings. The smallest absolute Gasteiger partial charge is 0.0671 e. The van der Waals surface area contributed by atoms with Crippen molar-refractivity contribution in [2.45, 2.75) is 29.7 Å². The summed E-state index contributed by atoms with van der Waals surface area (Å²) in [5.74, 6) is 1.11. The fraction of sp³-hybridized carbons (Fsp3) is 0.455. The van der Waals surface area contributed by atoms with Crippen LogP contribution in [0.1, 0.15) is 18.4 Å². The Kier molecular flexibility index (Phi) is 2.68. The second-order valence-corrected chi connectivity index (χ2v) is 5.10. The summed E-state index contributed by atoms with van der Waals surface area (Å²) in [4.78, 5) is 0. The zero-order chi connectivity index (χ0) is 9.15. The molecular weight excluding hydrogens is 175 g/mol. The minimum Gasteiger partial charge on any atom is -0.151 e. The molecule has 2 rings (SSSR count). The van der Waals surface area contributed by atoms with Crippen LogP contribution in [0.3, 0.4) is 0 Å². The van der Waals surface area contributed by atoms with Crippen LogP contribution in [0.4, 0.5) is 0 Å². The molecule has 0 unspecified atom stereocenters. The Balaban J connectivity index is 1.86. The Labute approximate surface area is 85.5 Å². The van der Waals surface area contributed by atoms with E-state index in [9.17, 15) is 0 Å². The summed E-state index contributed by atoms with van der Waals surface area (Å²) in [6.07, 6.45) is 3.45. The van der Waals surface area contributed by atoms with E-state index in [0.717, 1.165) is 12.1 Å². The predicted molar refractivity (Wildman–Crippen MR) is 60.3 cm³/mol. The van der Waals surface area contributed by atoms with Gasteiger partial charge in [-0.15, -0.1) is 0 Å². The summed E-state index contributed by atoms with van der Waals surface area (Å²) in [6, 6.07) is 10.6. The quantitative estimate of drug-likeness (QED) is 0.654. The van der Waals surface area contributed by atoms with E-state index in [0.29, 0.717) is 4.75 Å². The van der Waals surface area contributed by atoms with Gasteiger partial charge in [-0.3, -0.25) is 0 Å². The molecule has 1 saturated carbocycles. The molecule has 2 radical (unpaired) electrons. The van der Waals surface area contributed by atoms with Crippen molar-refractivity contribution in [1.82, 2.24) is 0 Å². The van der Waals surface area contributed by atoms with Crippen molar-refractivity contribution in [3.05, 3.63) is 35.9 Å². The first-order chi connectivity index (χ1) is 6.35. The average Bonchev–Trinajstić information content (AvgIpc) is 2.97. The van der Waals surface area contributed by atoms with Gasteiger partial charge in [0.25, 0.3) is 0 Å². The lowest BCUT2D eigenvalue weighted by Gasteiger charge is -2.11. The summed E-state index contributed by atoms with van der Waals surface area (Å²) in [5.41, 5.74) is 1.41. The van der Waals surface area contributed by atoms with E-state index >= 15 is 0 Å². The molecule has 0 saturated heterocycles. The van der Waals surface area contributed by atoms with Crippen molar-refractivity contribution in [3.8, 4) is 0 Å². The van der Waals surface area contributed by atoms with E-state index in [1.54, 1.807) is 0 Å². The van der Waals surface area contributed by atoms with Crippen molar-refractivity contribution in [1.29, 1.82) is 0 Å². The van der Waals surface area contributed by atoms with Crippen molar-refractivity contribution in [3.63, 3.8) is 0 Å². The molecule has 1 aliphatic carbocycles. The first-order valence-corrected chi connectivity index (χ1v) is 5.71. The maximum absolute atomic E-state index is 5.71. The Bertz CT molecular complexity index is 267. The zero-order valence-electron chi connectivity index (χ0n) is 7.70. The standard InChI is InChI=1S/C11H13BS/c12-9-11(6-7-11)13-8-10-4-2-1-3-5-10/h1-5H,6-9H2. The largest absolute Gasteiger partial charge is 0.151 e. The molecular formula is C11H13BS. The molecule has 0 bridgehead atoms. The van der Waals surface area contributed by atoms with Crippen LogP contribution < -0.4 is 0 Å². The molecule has 0 amide bonds. The number of rotatable bonds is 4. The SMILES string of the molecule is [B]CC1(SCc2ccccc2)CC1. The number of hydrogen-bond acceptors (Lipinski definition) is 1. The van der Waals surface area contributed by atoms with Gasteiger partial charge >= 0.3 is 0 Å². The molecule has 0 aliphatic heterocycles. The van der Waals surface area contributed by atoms with E-state index in [-0.39, 0.29) is 0 Å². The van der Waals surface area contributed by atoms with E-state index in [1.807, 2.05) is 11.8 Å². The van der Waals surface area contributed by atoms with Crippen molar-refractivity contribution in [2.75, 3.05) is 0 Å². The predicted octanol–water partition coefficient (Wildman–Crippen LogP) is 3.04. The lowest BCUT2D eigenvalue weighted by molar-refractivity contribution is 1.04. The van der Waals surface area contributed by atoms with Gasteiger partial charge in [0.2, 0.25) is 0 Å². The topological polar surface area (TPSA) is 0 Å². The normalized spacial score (nSPS) is 18.5. The Morgan fingerprint density at radius 1 is 1.23 bits per heavy atom. The average molecular weight is 188 g/mol. The van der Waals surface area contributed by atoms with Crippen LogP contribution in [0.25, 0.3) is 0 Å². The molecule has 0 spiro atoms. The lowest BCUT2D eigenvalue weighted by Crippen LogP contribution is -2.01. The molecule has 0 nitrogen and oxygen atoms in total. The molecule has 13 heavy (non-hydrogen) atoms. The fourth-order valence-electron chi connectivity index (χ4n) is 1.36. The molecule has 0 heterocycles. The highest BCUT2D eigenvalue weighted by Crippen LogP contribution is 2.51. The van der Waals surface area contributed by atoms with Gasteiger partial charge < -0.3 is 0 Å². The van der Waals surface area contributed by atoms with Gasteiger partial charge in [-0.2, -0.15) is 11.8 Å². The van der Waals surface area contributed by atoms with Crippen LogP contribution in [-0.2, 0) is 5.75 Å². The van der Waals surface area contributed by atoms with E-state index in [4.69, 9.17) is 7.85 Å². The second-order valence-electron chi connectivity index (χ2n) is 3.66. The molecule has 0 N–H and O–H groups in total. The summed E-state index contributed by atoms with van der Waals surface area (Å²) >= 11 is 2.02. The molecule has 0 aromatic heterocycles. The number of thioether (sulfide) groups is 1. The van der Waals surface area contributed by atoms with E-state index < -0.39 is 0 Å². The van der Waals surface area contributed by atoms with Crippen molar-refractivity contribution in [2.24, 2.45) is 0 Å². The van der Waals surface area contributed by atoms with Gasteiger partial charge in [-0.05, 0) is 18.4 Å². The van der Waals surface area contributed by atoms with Crippen molar-refractivity contribution >= 4 is 19.6 Å². The van der Waals surface area contributed by atoms with Crippen LogP contribution in [-0.4, -0.2) is 12.6 Å². The highest BCUT2D eigenvalue weighted by Gasteiger charge is 2.40. The molecule has 1 aromatic carbocycles. The van der Waals surface area contributed by atoms with Crippen LogP contribution in [0.15, 0.2) is 30.3 Å². The minimum atomic E-state index is 0.440. The molecule has 2 heteroatoms. The summed E-state index contributed by atoms with van der Waals surface area (Å²) in [5, 5.41) is 0. The monoisotopic (exact) mass is 188 g/mol. The Morgan fingerprint density at radius 3 is 2.46 bits per heavy atom. The number of hydrogen-bond donors (Lipinski definition) is 0. The van der Waals surface area contributed by atoms with Crippen LogP contribution in [0, 0.1) is 0 Å². The first kappa shape index (κ1) is 9.20. The van der Waals surface area contributed by atoms with E-state index in [2.05, 4.69) is 30.3 Å². The molecule has 1 aliphatic rings. The highest BCUT2D eigenvalue weighted by atomic mass is 32.2. The van der Waals surface area contributed by atoms with Crippen LogP contribution >= 0.6 is 11.8 Å². The third-order valence-electron chi connectivity index (χ3n) is 2.57. The summed E-state index contributed by atoms with van der Waals surface area (Å²) in [6.45, 7) is 0. The van der Waals surface area contributed by atoms with Gasteiger partial charge in [-0.25, -0.2) is 0 Å². The highest BCUT2D eigenvalue weighted by molar-refractivity contribution is 8.00. The second kappa shape index (κ2) is 3.79. The van der Waals surface area contributed by atoms with Gasteiger partial charge in [0.1, 0.15) is 0 Å². The first-order valence-electron chi connectivity index (χ1n) is 4.73. The van der Waals surface area contributed by atoms with Gasteiger partial charge in [0.05, 0.1) is 7.85 Å². The zero-order valence-corrected chi connectivity index (χ0v) is 8.52. The molecule has 0 atom stereocenters. The van der Waals surface area contributed by atoms with Gasteiger partial charge in [0.15, 0.2) is 0 Å². The Morgan fingerprint density at radius 2 is 1.92 bits per heavy atom. The molecule has 66 valence electrons. The fourth-order valence-corrected chi connectivity index (χ4v) is 2.53. The van der Waals surface area contributed by atoms with Crippen LogP contribution in [0.2, 0.25) is 6.32 Å². The maximum atomic E-state index is 5.71. The third kappa shape index (κ3) is 2.31. The Hall–Kier alpha value is -0.365. The number of benzene rings is 1. The van der Waals surface area contributed by atoms with Gasteiger partial charge in [-0.1, -0.05) is 36.7 Å². The van der Waals surface area contributed by atoms with Crippen molar-refractivity contribution < 1.29 is 0 Å². The van der Waals surface area contributed by atoms with Crippen LogP contribution in [0.5, 0.6) is 0 Å².